The Morgan fingerprint density at radius 2 is 1.47 bits per heavy atom. The van der Waals surface area contributed by atoms with Crippen molar-refractivity contribution in [3.63, 3.8) is 0 Å². The minimum atomic E-state index is -3.88. The molecule has 3 nitrogen and oxygen atoms in total. The van der Waals surface area contributed by atoms with Gasteiger partial charge in [0.1, 0.15) is 0 Å². The molecule has 0 aliphatic heterocycles. The van der Waals surface area contributed by atoms with Gasteiger partial charge in [-0.3, -0.25) is 0 Å². The summed E-state index contributed by atoms with van der Waals surface area (Å²) in [6, 6.07) is 26.0. The van der Waals surface area contributed by atoms with Gasteiger partial charge in [0.05, 0.1) is 0 Å². The maximum atomic E-state index is 13.9. The van der Waals surface area contributed by atoms with E-state index in [1.807, 2.05) is 55.5 Å². The number of aliphatic hydroxyl groups is 1. The summed E-state index contributed by atoms with van der Waals surface area (Å²) in [4.78, 5) is 0.373. The normalized spacial score (nSPS) is 13.5. The van der Waals surface area contributed by atoms with Gasteiger partial charge < -0.3 is 0 Å². The number of allylic oxidation sites excluding steroid dienone is 1. The zero-order valence-electron chi connectivity index (χ0n) is 18.6. The van der Waals surface area contributed by atoms with E-state index in [1.165, 1.54) is 0 Å². The second-order valence-electron chi connectivity index (χ2n) is 7.79. The fourth-order valence-electron chi connectivity index (χ4n) is 3.47. The molecular weight excluding hydrogens is 483 g/mol. The Labute approximate surface area is 198 Å². The Bertz CT molecular complexity index is 1120. The molecular formula is C27H30O3SSe. The number of aryl methyl sites for hydroxylation is 1. The molecule has 0 aliphatic rings. The van der Waals surface area contributed by atoms with Crippen molar-refractivity contribution < 1.29 is 13.5 Å². The standard InChI is InChI=1S/C27H30O3SSe/c1-3-4-7-16-25(32-24-14-10-6-11-15-24)27(26(28)22-12-8-5-9-13-22)31(29,30)23-19-17-21(2)18-20-23/h5-6,8-15,17-20,26,28H,3-4,7,16H2,1-2H3/b27-25-. The van der Waals surface area contributed by atoms with Gasteiger partial charge in [0.2, 0.25) is 0 Å². The van der Waals surface area contributed by atoms with Gasteiger partial charge in [-0.25, -0.2) is 0 Å². The van der Waals surface area contributed by atoms with E-state index < -0.39 is 15.9 Å². The molecule has 0 fully saturated rings. The predicted molar refractivity (Wildman–Crippen MR) is 133 cm³/mol. The average Bonchev–Trinajstić information content (AvgIpc) is 2.80. The van der Waals surface area contributed by atoms with Crippen LogP contribution in [0.4, 0.5) is 0 Å². The van der Waals surface area contributed by atoms with Crippen molar-refractivity contribution >= 4 is 29.3 Å². The molecule has 168 valence electrons. The number of sulfone groups is 1. The molecule has 0 radical (unpaired) electrons. The van der Waals surface area contributed by atoms with Gasteiger partial charge >= 0.3 is 199 Å². The van der Waals surface area contributed by atoms with Crippen molar-refractivity contribution in [2.45, 2.75) is 50.5 Å². The molecule has 1 unspecified atom stereocenters. The molecule has 1 N–H and O–H groups in total. The fourth-order valence-corrected chi connectivity index (χ4v) is 8.13. The quantitative estimate of drug-likeness (QED) is 0.295. The zero-order chi connectivity index (χ0) is 23.0. The summed E-state index contributed by atoms with van der Waals surface area (Å²) in [6.45, 7) is 4.06. The van der Waals surface area contributed by atoms with Crippen molar-refractivity contribution in [1.82, 2.24) is 0 Å². The Hall–Kier alpha value is -2.17. The van der Waals surface area contributed by atoms with Gasteiger partial charge in [-0.05, 0) is 0 Å². The molecule has 5 heteroatoms. The molecule has 0 bridgehead atoms. The van der Waals surface area contributed by atoms with Crippen LogP contribution in [-0.2, 0) is 9.84 Å². The summed E-state index contributed by atoms with van der Waals surface area (Å²) in [5.74, 6) is 0. The first-order valence-corrected chi connectivity index (χ1v) is 14.1. The van der Waals surface area contributed by atoms with Gasteiger partial charge in [-0.1, -0.05) is 0 Å². The van der Waals surface area contributed by atoms with Gasteiger partial charge in [-0.15, -0.1) is 0 Å². The van der Waals surface area contributed by atoms with Crippen LogP contribution in [0.5, 0.6) is 0 Å². The topological polar surface area (TPSA) is 54.4 Å². The minimum absolute atomic E-state index is 0.146. The second-order valence-corrected chi connectivity index (χ2v) is 12.2. The van der Waals surface area contributed by atoms with Gasteiger partial charge in [-0.2, -0.15) is 0 Å². The first-order chi connectivity index (χ1) is 15.4. The molecule has 0 aliphatic carbocycles. The summed E-state index contributed by atoms with van der Waals surface area (Å²) in [6.07, 6.45) is 2.42. The van der Waals surface area contributed by atoms with E-state index in [0.717, 1.165) is 33.8 Å². The molecule has 0 heterocycles. The van der Waals surface area contributed by atoms with Crippen molar-refractivity contribution in [3.8, 4) is 0 Å². The monoisotopic (exact) mass is 514 g/mol. The van der Waals surface area contributed by atoms with Crippen LogP contribution < -0.4 is 4.46 Å². The summed E-state index contributed by atoms with van der Waals surface area (Å²) in [7, 11) is -3.88. The van der Waals surface area contributed by atoms with E-state index in [2.05, 4.69) is 6.92 Å². The van der Waals surface area contributed by atoms with Crippen molar-refractivity contribution in [2.75, 3.05) is 0 Å². The van der Waals surface area contributed by atoms with Crippen LogP contribution in [0.15, 0.2) is 99.2 Å². The summed E-state index contributed by atoms with van der Waals surface area (Å²) in [5.41, 5.74) is 1.59. The molecule has 0 saturated heterocycles. The SMILES string of the molecule is CCCCC/C([Se]c1ccccc1)=C(\C(O)c1ccccc1)S(=O)(=O)c1ccc(C)cc1. The average molecular weight is 514 g/mol. The summed E-state index contributed by atoms with van der Waals surface area (Å²) < 4.78 is 29.8. The van der Waals surface area contributed by atoms with Gasteiger partial charge in [0, 0.05) is 0 Å². The number of hydrogen-bond acceptors (Lipinski definition) is 3. The van der Waals surface area contributed by atoms with Crippen molar-refractivity contribution in [1.29, 1.82) is 0 Å². The molecule has 3 aromatic rings. The number of benzene rings is 3. The summed E-state index contributed by atoms with van der Waals surface area (Å²) >= 11 is -0.210. The fraction of sp³-hybridized carbons (Fsp3) is 0.259. The first kappa shape index (κ1) is 24.5. The van der Waals surface area contributed by atoms with Crippen LogP contribution in [0.3, 0.4) is 0 Å². The Kier molecular flexibility index (Phi) is 8.89. The van der Waals surface area contributed by atoms with Crippen molar-refractivity contribution in [2.24, 2.45) is 0 Å². The van der Waals surface area contributed by atoms with E-state index in [9.17, 15) is 13.5 Å². The molecule has 1 atom stereocenters. The number of aliphatic hydroxyl groups excluding tert-OH is 1. The van der Waals surface area contributed by atoms with Crippen LogP contribution in [0.2, 0.25) is 0 Å². The first-order valence-electron chi connectivity index (χ1n) is 10.9. The van der Waals surface area contributed by atoms with Crippen LogP contribution in [-0.4, -0.2) is 28.5 Å². The Balaban J connectivity index is 2.19. The van der Waals surface area contributed by atoms with Gasteiger partial charge in [0.15, 0.2) is 0 Å². The third-order valence-electron chi connectivity index (χ3n) is 5.25. The molecule has 0 spiro atoms. The van der Waals surface area contributed by atoms with Crippen LogP contribution in [0, 0.1) is 6.92 Å². The third kappa shape index (κ3) is 6.20. The van der Waals surface area contributed by atoms with Crippen LogP contribution in [0.25, 0.3) is 0 Å². The molecule has 3 aromatic carbocycles. The third-order valence-corrected chi connectivity index (χ3v) is 9.96. The van der Waals surface area contributed by atoms with Gasteiger partial charge in [0.25, 0.3) is 0 Å². The predicted octanol–water partition coefficient (Wildman–Crippen LogP) is 5.32. The van der Waals surface area contributed by atoms with E-state index in [0.29, 0.717) is 12.0 Å². The van der Waals surface area contributed by atoms with E-state index >= 15 is 0 Å². The second kappa shape index (κ2) is 11.6. The van der Waals surface area contributed by atoms with E-state index in [1.54, 1.807) is 36.4 Å². The molecule has 0 aromatic heterocycles. The van der Waals surface area contributed by atoms with Crippen LogP contribution >= 0.6 is 0 Å². The van der Waals surface area contributed by atoms with Crippen LogP contribution in [0.1, 0.15) is 49.8 Å². The molecule has 0 amide bonds. The number of hydrogen-bond donors (Lipinski definition) is 1. The number of rotatable bonds is 10. The molecule has 32 heavy (non-hydrogen) atoms. The van der Waals surface area contributed by atoms with E-state index in [4.69, 9.17) is 0 Å². The molecule has 3 rings (SSSR count). The Morgan fingerprint density at radius 3 is 2.06 bits per heavy atom. The molecule has 0 saturated carbocycles. The van der Waals surface area contributed by atoms with E-state index in [-0.39, 0.29) is 24.8 Å². The maximum absolute atomic E-state index is 13.9. The zero-order valence-corrected chi connectivity index (χ0v) is 21.1. The Morgan fingerprint density at radius 1 is 0.875 bits per heavy atom. The number of unbranched alkanes of at least 4 members (excludes halogenated alkanes) is 2. The van der Waals surface area contributed by atoms with Crippen molar-refractivity contribution in [3.05, 3.63) is 105 Å². The summed E-state index contributed by atoms with van der Waals surface area (Å²) in [5, 5.41) is 11.4.